The summed E-state index contributed by atoms with van der Waals surface area (Å²) in [7, 11) is 1.82. The van der Waals surface area contributed by atoms with Crippen LogP contribution in [0.5, 0.6) is 0 Å². The van der Waals surface area contributed by atoms with Gasteiger partial charge in [0.1, 0.15) is 5.82 Å². The third-order valence-corrected chi connectivity index (χ3v) is 6.04. The Balaban J connectivity index is 1.68. The number of likely N-dealkylation sites (N-methyl/N-ethyl adjacent to an activating group) is 1. The molecule has 1 aliphatic rings. The highest BCUT2D eigenvalue weighted by atomic mass is 19.1. The molecular weight excluding hydrogens is 413 g/mol. The number of benzene rings is 2. The number of carboxylic acid groups (broad SMARTS) is 1. The molecule has 1 atom stereocenters. The van der Waals surface area contributed by atoms with Crippen LogP contribution in [0.2, 0.25) is 0 Å². The number of aliphatic carboxylic acids is 1. The highest BCUT2D eigenvalue weighted by molar-refractivity contribution is 5.93. The fraction of sp³-hybridized carbons (Fsp3) is 0.292. The minimum absolute atomic E-state index is 0.152. The zero-order chi connectivity index (χ0) is 22.8. The summed E-state index contributed by atoms with van der Waals surface area (Å²) in [6.07, 6.45) is 0.536. The monoisotopic (exact) mass is 437 g/mol. The van der Waals surface area contributed by atoms with Crippen LogP contribution in [0.25, 0.3) is 10.9 Å². The molecule has 7 nitrogen and oxygen atoms in total. The maximum atomic E-state index is 13.3. The fourth-order valence-electron chi connectivity index (χ4n) is 4.38. The summed E-state index contributed by atoms with van der Waals surface area (Å²) in [4.78, 5) is 38.2. The number of carbonyl (C=O) groups is 3. The first-order valence-electron chi connectivity index (χ1n) is 10.4. The Morgan fingerprint density at radius 2 is 1.91 bits per heavy atom. The van der Waals surface area contributed by atoms with Crippen molar-refractivity contribution in [2.75, 3.05) is 13.6 Å². The predicted octanol–water partition coefficient (Wildman–Crippen LogP) is 2.64. The lowest BCUT2D eigenvalue weighted by Crippen LogP contribution is -2.50. The van der Waals surface area contributed by atoms with Crippen LogP contribution in [0.1, 0.15) is 23.2 Å². The minimum atomic E-state index is -1.06. The highest BCUT2D eigenvalue weighted by Crippen LogP contribution is 2.33. The van der Waals surface area contributed by atoms with Gasteiger partial charge in [-0.25, -0.2) is 4.39 Å². The molecule has 8 heteroatoms. The van der Waals surface area contributed by atoms with E-state index in [4.69, 9.17) is 5.11 Å². The Morgan fingerprint density at radius 1 is 1.19 bits per heavy atom. The number of hydrogen-bond donors (Lipinski definition) is 1. The molecule has 1 aliphatic heterocycles. The first-order valence-corrected chi connectivity index (χ1v) is 10.4. The van der Waals surface area contributed by atoms with E-state index in [1.807, 2.05) is 36.2 Å². The number of fused-ring (bicyclic) bond motifs is 3. The number of carbonyl (C=O) groups excluding carboxylic acids is 2. The van der Waals surface area contributed by atoms with Crippen LogP contribution in [0.3, 0.4) is 0 Å². The summed E-state index contributed by atoms with van der Waals surface area (Å²) in [5.41, 5.74) is 4.12. The van der Waals surface area contributed by atoms with Gasteiger partial charge in [0.15, 0.2) is 0 Å². The number of para-hydroxylation sites is 1. The van der Waals surface area contributed by atoms with Crippen molar-refractivity contribution in [1.82, 2.24) is 14.4 Å². The van der Waals surface area contributed by atoms with Gasteiger partial charge in [0, 0.05) is 36.2 Å². The molecule has 2 aromatic carbocycles. The van der Waals surface area contributed by atoms with Gasteiger partial charge in [-0.1, -0.05) is 30.3 Å². The molecule has 0 fully saturated rings. The summed E-state index contributed by atoms with van der Waals surface area (Å²) in [5, 5.41) is 9.94. The van der Waals surface area contributed by atoms with Gasteiger partial charge in [-0.3, -0.25) is 24.2 Å². The van der Waals surface area contributed by atoms with Gasteiger partial charge in [0.2, 0.25) is 12.3 Å². The smallest absolute Gasteiger partial charge is 0.305 e. The molecule has 0 bridgehead atoms. The molecule has 166 valence electrons. The predicted molar refractivity (Wildman–Crippen MR) is 116 cm³/mol. The molecule has 0 aliphatic carbocycles. The maximum Gasteiger partial charge on any atom is 0.305 e. The van der Waals surface area contributed by atoms with Crippen molar-refractivity contribution in [3.8, 4) is 0 Å². The SMILES string of the molecule is CN1Cc2c(c3ccccc3n2Cc2ccc(F)cc2)CC1C(=O)N(C=O)CCC(=O)O. The number of halogens is 1. The number of nitrogens with zero attached hydrogens (tertiary/aromatic N) is 3. The molecule has 4 rings (SSSR count). The van der Waals surface area contributed by atoms with E-state index in [0.29, 0.717) is 25.9 Å². The largest absolute Gasteiger partial charge is 0.481 e. The Bertz CT molecular complexity index is 1170. The van der Waals surface area contributed by atoms with Crippen molar-refractivity contribution in [2.45, 2.75) is 32.0 Å². The molecule has 1 unspecified atom stereocenters. The second kappa shape index (κ2) is 8.92. The van der Waals surface area contributed by atoms with E-state index >= 15 is 0 Å². The molecule has 32 heavy (non-hydrogen) atoms. The molecule has 0 saturated carbocycles. The Hall–Kier alpha value is -3.52. The van der Waals surface area contributed by atoms with Gasteiger partial charge >= 0.3 is 5.97 Å². The molecule has 1 aromatic heterocycles. The standard InChI is InChI=1S/C24H24FN3O4/c1-26-14-22-19(12-21(26)24(32)27(15-29)11-10-23(30)31)18-4-2-3-5-20(18)28(22)13-16-6-8-17(25)9-7-16/h2-9,15,21H,10-14H2,1H3,(H,30,31). The van der Waals surface area contributed by atoms with Crippen molar-refractivity contribution in [3.05, 3.63) is 71.2 Å². The Morgan fingerprint density at radius 3 is 2.59 bits per heavy atom. The molecule has 0 radical (unpaired) electrons. The number of rotatable bonds is 7. The van der Waals surface area contributed by atoms with Crippen LogP contribution in [-0.2, 0) is 33.9 Å². The van der Waals surface area contributed by atoms with Crippen LogP contribution in [0.4, 0.5) is 4.39 Å². The topological polar surface area (TPSA) is 82.9 Å². The average Bonchev–Trinajstić information content (AvgIpc) is 3.07. The lowest BCUT2D eigenvalue weighted by molar-refractivity contribution is -0.144. The average molecular weight is 437 g/mol. The summed E-state index contributed by atoms with van der Waals surface area (Å²) >= 11 is 0. The first kappa shape index (κ1) is 21.7. The van der Waals surface area contributed by atoms with E-state index in [2.05, 4.69) is 4.57 Å². The van der Waals surface area contributed by atoms with E-state index in [-0.39, 0.29) is 18.8 Å². The van der Waals surface area contributed by atoms with Crippen molar-refractivity contribution in [2.24, 2.45) is 0 Å². The number of carboxylic acids is 1. The van der Waals surface area contributed by atoms with E-state index in [1.165, 1.54) is 12.1 Å². The van der Waals surface area contributed by atoms with Crippen LogP contribution in [-0.4, -0.2) is 57.4 Å². The number of hydrogen-bond acceptors (Lipinski definition) is 4. The van der Waals surface area contributed by atoms with Gasteiger partial charge in [0.25, 0.3) is 0 Å². The van der Waals surface area contributed by atoms with Gasteiger partial charge in [-0.15, -0.1) is 0 Å². The third kappa shape index (κ3) is 4.13. The fourth-order valence-corrected chi connectivity index (χ4v) is 4.38. The number of imide groups is 1. The van der Waals surface area contributed by atoms with E-state index in [1.54, 1.807) is 12.1 Å². The molecular formula is C24H24FN3O4. The van der Waals surface area contributed by atoms with Crippen molar-refractivity contribution in [3.63, 3.8) is 0 Å². The second-order valence-electron chi connectivity index (χ2n) is 8.07. The molecule has 2 amide bonds. The second-order valence-corrected chi connectivity index (χ2v) is 8.07. The van der Waals surface area contributed by atoms with Crippen LogP contribution >= 0.6 is 0 Å². The summed E-state index contributed by atoms with van der Waals surface area (Å²) < 4.78 is 15.5. The van der Waals surface area contributed by atoms with Crippen molar-refractivity contribution in [1.29, 1.82) is 0 Å². The van der Waals surface area contributed by atoms with Gasteiger partial charge in [-0.2, -0.15) is 0 Å². The van der Waals surface area contributed by atoms with Gasteiger partial charge < -0.3 is 9.67 Å². The van der Waals surface area contributed by atoms with E-state index < -0.39 is 17.9 Å². The highest BCUT2D eigenvalue weighted by Gasteiger charge is 2.35. The molecule has 1 N–H and O–H groups in total. The van der Waals surface area contributed by atoms with Crippen LogP contribution < -0.4 is 0 Å². The summed E-state index contributed by atoms with van der Waals surface area (Å²) in [6.45, 7) is 0.913. The maximum absolute atomic E-state index is 13.3. The Kier molecular flexibility index (Phi) is 6.05. The van der Waals surface area contributed by atoms with Crippen LogP contribution in [0.15, 0.2) is 48.5 Å². The molecule has 0 spiro atoms. The van der Waals surface area contributed by atoms with Gasteiger partial charge in [-0.05, 0) is 42.8 Å². The molecule has 2 heterocycles. The first-order chi connectivity index (χ1) is 15.4. The summed E-state index contributed by atoms with van der Waals surface area (Å²) in [5.74, 6) is -1.74. The zero-order valence-electron chi connectivity index (χ0n) is 17.7. The number of aromatic nitrogens is 1. The van der Waals surface area contributed by atoms with Gasteiger partial charge in [0.05, 0.1) is 12.5 Å². The van der Waals surface area contributed by atoms with E-state index in [0.717, 1.165) is 32.6 Å². The zero-order valence-corrected chi connectivity index (χ0v) is 17.7. The van der Waals surface area contributed by atoms with Crippen LogP contribution in [0, 0.1) is 5.82 Å². The summed E-state index contributed by atoms with van der Waals surface area (Å²) in [6, 6.07) is 13.8. The molecule has 3 aromatic rings. The lowest BCUT2D eigenvalue weighted by atomic mass is 9.96. The minimum Gasteiger partial charge on any atom is -0.481 e. The quantitative estimate of drug-likeness (QED) is 0.575. The lowest BCUT2D eigenvalue weighted by Gasteiger charge is -2.34. The molecule has 0 saturated heterocycles. The van der Waals surface area contributed by atoms with Crippen molar-refractivity contribution < 1.29 is 23.9 Å². The van der Waals surface area contributed by atoms with Crippen molar-refractivity contribution >= 4 is 29.2 Å². The Labute approximate surface area is 184 Å². The number of amides is 2. The normalized spacial score (nSPS) is 16.0. The van der Waals surface area contributed by atoms with E-state index in [9.17, 15) is 18.8 Å². The third-order valence-electron chi connectivity index (χ3n) is 6.04.